The van der Waals surface area contributed by atoms with Crippen molar-refractivity contribution in [3.63, 3.8) is 0 Å². The summed E-state index contributed by atoms with van der Waals surface area (Å²) >= 11 is 0. The molecule has 2 rings (SSSR count). The molecule has 0 aliphatic heterocycles. The summed E-state index contributed by atoms with van der Waals surface area (Å²) in [6, 6.07) is 17.6. The number of benzene rings is 2. The Labute approximate surface area is 134 Å². The first-order chi connectivity index (χ1) is 10.7. The van der Waals surface area contributed by atoms with E-state index in [4.69, 9.17) is 0 Å². The molecule has 0 bridgehead atoms. The molecule has 0 amide bonds. The molecule has 2 aromatic carbocycles. The Morgan fingerprint density at radius 1 is 0.909 bits per heavy atom. The molecule has 0 saturated carbocycles. The number of unbranched alkanes of at least 4 members (excludes halogenated alkanes) is 1. The number of carbonyl (C=O) groups is 1. The number of hydrogen-bond donors (Lipinski definition) is 0. The second-order valence-electron chi connectivity index (χ2n) is 6.01. The van der Waals surface area contributed by atoms with Crippen LogP contribution in [0.1, 0.15) is 50.7 Å². The van der Waals surface area contributed by atoms with Gasteiger partial charge in [-0.1, -0.05) is 61.9 Å². The van der Waals surface area contributed by atoms with E-state index in [1.54, 1.807) is 6.92 Å². The van der Waals surface area contributed by atoms with E-state index in [1.165, 1.54) is 28.7 Å². The Hall–Kier alpha value is -1.89. The first-order valence-corrected chi connectivity index (χ1v) is 8.37. The third kappa shape index (κ3) is 4.84. The van der Waals surface area contributed by atoms with Gasteiger partial charge in [-0.25, -0.2) is 0 Å². The molecule has 0 unspecified atom stereocenters. The van der Waals surface area contributed by atoms with Gasteiger partial charge >= 0.3 is 0 Å². The van der Waals surface area contributed by atoms with Crippen LogP contribution in [-0.4, -0.2) is 5.78 Å². The smallest absolute Gasteiger partial charge is 0.129 e. The SMILES string of the molecule is CCCc1ccccc1-c1ccc(CCCCC(C)=O)cc1. The lowest BCUT2D eigenvalue weighted by molar-refractivity contribution is -0.117. The highest BCUT2D eigenvalue weighted by Crippen LogP contribution is 2.25. The predicted molar refractivity (Wildman–Crippen MR) is 94.1 cm³/mol. The Balaban J connectivity index is 2.01. The largest absolute Gasteiger partial charge is 0.300 e. The minimum absolute atomic E-state index is 0.294. The van der Waals surface area contributed by atoms with Crippen LogP contribution in [-0.2, 0) is 17.6 Å². The fourth-order valence-corrected chi connectivity index (χ4v) is 2.84. The quantitative estimate of drug-likeness (QED) is 0.578. The average Bonchev–Trinajstić information content (AvgIpc) is 2.53. The Bertz CT molecular complexity index is 596. The van der Waals surface area contributed by atoms with E-state index in [-0.39, 0.29) is 0 Å². The van der Waals surface area contributed by atoms with Gasteiger partial charge in [0.05, 0.1) is 0 Å². The molecule has 0 heterocycles. The van der Waals surface area contributed by atoms with Crippen LogP contribution < -0.4 is 0 Å². The third-order valence-corrected chi connectivity index (χ3v) is 4.05. The molecule has 0 atom stereocenters. The Morgan fingerprint density at radius 2 is 1.64 bits per heavy atom. The second-order valence-corrected chi connectivity index (χ2v) is 6.01. The van der Waals surface area contributed by atoms with Crippen LogP contribution in [0.15, 0.2) is 48.5 Å². The highest BCUT2D eigenvalue weighted by Gasteiger charge is 2.04. The Kier molecular flexibility index (Phi) is 6.39. The van der Waals surface area contributed by atoms with Crippen molar-refractivity contribution < 1.29 is 4.79 Å². The molecule has 0 aliphatic rings. The minimum atomic E-state index is 0.294. The van der Waals surface area contributed by atoms with Crippen LogP contribution in [0.2, 0.25) is 0 Å². The molecule has 1 heteroatoms. The molecule has 0 spiro atoms. The topological polar surface area (TPSA) is 17.1 Å². The average molecular weight is 294 g/mol. The summed E-state index contributed by atoms with van der Waals surface area (Å²) < 4.78 is 0. The van der Waals surface area contributed by atoms with Crippen LogP contribution in [0.25, 0.3) is 11.1 Å². The molecule has 1 nitrogen and oxygen atoms in total. The van der Waals surface area contributed by atoms with Crippen LogP contribution >= 0.6 is 0 Å². The summed E-state index contributed by atoms with van der Waals surface area (Å²) in [6.07, 6.45) is 6.16. The Morgan fingerprint density at radius 3 is 2.32 bits per heavy atom. The summed E-state index contributed by atoms with van der Waals surface area (Å²) in [5.41, 5.74) is 5.45. The molecular weight excluding hydrogens is 268 g/mol. The summed E-state index contributed by atoms with van der Waals surface area (Å²) in [6.45, 7) is 3.89. The van der Waals surface area contributed by atoms with Crippen molar-refractivity contribution in [2.24, 2.45) is 0 Å². The van der Waals surface area contributed by atoms with Gasteiger partial charge < -0.3 is 4.79 Å². The second kappa shape index (κ2) is 8.53. The summed E-state index contributed by atoms with van der Waals surface area (Å²) in [7, 11) is 0. The van der Waals surface area contributed by atoms with Gasteiger partial charge in [-0.05, 0) is 54.9 Å². The maximum absolute atomic E-state index is 10.9. The monoisotopic (exact) mass is 294 g/mol. The van der Waals surface area contributed by atoms with Crippen LogP contribution in [0.3, 0.4) is 0 Å². The maximum Gasteiger partial charge on any atom is 0.129 e. The van der Waals surface area contributed by atoms with Crippen molar-refractivity contribution in [1.82, 2.24) is 0 Å². The van der Waals surface area contributed by atoms with Crippen molar-refractivity contribution >= 4 is 5.78 Å². The minimum Gasteiger partial charge on any atom is -0.300 e. The van der Waals surface area contributed by atoms with E-state index >= 15 is 0 Å². The van der Waals surface area contributed by atoms with Crippen molar-refractivity contribution in [3.05, 3.63) is 59.7 Å². The molecule has 22 heavy (non-hydrogen) atoms. The molecule has 0 aromatic heterocycles. The fourth-order valence-electron chi connectivity index (χ4n) is 2.84. The normalized spacial score (nSPS) is 10.6. The number of carbonyl (C=O) groups excluding carboxylic acids is 1. The molecule has 0 fully saturated rings. The van der Waals surface area contributed by atoms with Gasteiger partial charge in [-0.2, -0.15) is 0 Å². The van der Waals surface area contributed by atoms with E-state index in [2.05, 4.69) is 55.5 Å². The first-order valence-electron chi connectivity index (χ1n) is 8.37. The third-order valence-electron chi connectivity index (χ3n) is 4.05. The van der Waals surface area contributed by atoms with Crippen LogP contribution in [0.5, 0.6) is 0 Å². The molecule has 0 N–H and O–H groups in total. The summed E-state index contributed by atoms with van der Waals surface area (Å²) in [5.74, 6) is 0.294. The predicted octanol–water partition coefficient (Wildman–Crippen LogP) is 5.61. The van der Waals surface area contributed by atoms with E-state index < -0.39 is 0 Å². The van der Waals surface area contributed by atoms with Crippen LogP contribution in [0.4, 0.5) is 0 Å². The molecule has 0 saturated heterocycles. The van der Waals surface area contributed by atoms with E-state index in [0.29, 0.717) is 12.2 Å². The zero-order valence-corrected chi connectivity index (χ0v) is 13.8. The highest BCUT2D eigenvalue weighted by molar-refractivity contribution is 5.75. The van der Waals surface area contributed by atoms with Crippen molar-refractivity contribution in [1.29, 1.82) is 0 Å². The molecular formula is C21H26O. The zero-order valence-electron chi connectivity index (χ0n) is 13.8. The first kappa shape index (κ1) is 16.5. The summed E-state index contributed by atoms with van der Waals surface area (Å²) in [4.78, 5) is 10.9. The molecule has 116 valence electrons. The number of ketones is 1. The van der Waals surface area contributed by atoms with Gasteiger partial charge in [-0.15, -0.1) is 0 Å². The van der Waals surface area contributed by atoms with Gasteiger partial charge in [0.25, 0.3) is 0 Å². The van der Waals surface area contributed by atoms with E-state index in [0.717, 1.165) is 25.7 Å². The van der Waals surface area contributed by atoms with E-state index in [1.807, 2.05) is 0 Å². The lowest BCUT2D eigenvalue weighted by Gasteiger charge is -2.10. The van der Waals surface area contributed by atoms with Gasteiger partial charge in [-0.3, -0.25) is 0 Å². The van der Waals surface area contributed by atoms with Gasteiger partial charge in [0.2, 0.25) is 0 Å². The van der Waals surface area contributed by atoms with Crippen molar-refractivity contribution in [2.45, 2.75) is 52.4 Å². The number of rotatable bonds is 8. The maximum atomic E-state index is 10.9. The number of aryl methyl sites for hydroxylation is 2. The fraction of sp³-hybridized carbons (Fsp3) is 0.381. The van der Waals surface area contributed by atoms with E-state index in [9.17, 15) is 4.79 Å². The molecule has 0 aliphatic carbocycles. The van der Waals surface area contributed by atoms with Gasteiger partial charge in [0, 0.05) is 6.42 Å². The van der Waals surface area contributed by atoms with Crippen molar-refractivity contribution in [3.8, 4) is 11.1 Å². The van der Waals surface area contributed by atoms with Gasteiger partial charge in [0.1, 0.15) is 5.78 Å². The van der Waals surface area contributed by atoms with Crippen molar-refractivity contribution in [2.75, 3.05) is 0 Å². The van der Waals surface area contributed by atoms with Crippen LogP contribution in [0, 0.1) is 0 Å². The lowest BCUT2D eigenvalue weighted by Crippen LogP contribution is -1.92. The zero-order chi connectivity index (χ0) is 15.8. The lowest BCUT2D eigenvalue weighted by atomic mass is 9.95. The standard InChI is InChI=1S/C21H26O/c1-3-8-19-11-6-7-12-21(19)20-15-13-18(14-16-20)10-5-4-9-17(2)22/h6-7,11-16H,3-5,8-10H2,1-2H3. The number of hydrogen-bond acceptors (Lipinski definition) is 1. The number of Topliss-reactive ketones (excluding diaryl/α,β-unsaturated/α-hetero) is 1. The highest BCUT2D eigenvalue weighted by atomic mass is 16.1. The molecule has 0 radical (unpaired) electrons. The van der Waals surface area contributed by atoms with Gasteiger partial charge in [0.15, 0.2) is 0 Å². The summed E-state index contributed by atoms with van der Waals surface area (Å²) in [5, 5.41) is 0. The molecule has 2 aromatic rings.